The molecule has 0 saturated carbocycles. The third-order valence-electron chi connectivity index (χ3n) is 2.39. The van der Waals surface area contributed by atoms with E-state index in [2.05, 4.69) is 30.9 Å². The van der Waals surface area contributed by atoms with Crippen molar-refractivity contribution in [2.75, 3.05) is 0 Å². The van der Waals surface area contributed by atoms with E-state index in [-0.39, 0.29) is 5.82 Å². The predicted octanol–water partition coefficient (Wildman–Crippen LogP) is 3.53. The zero-order valence-electron chi connectivity index (χ0n) is 8.61. The molecule has 0 radical (unpaired) electrons. The van der Waals surface area contributed by atoms with Crippen molar-refractivity contribution in [1.29, 1.82) is 0 Å². The van der Waals surface area contributed by atoms with Crippen LogP contribution in [-0.4, -0.2) is 15.0 Å². The third kappa shape index (κ3) is 1.93. The van der Waals surface area contributed by atoms with E-state index in [4.69, 9.17) is 0 Å². The van der Waals surface area contributed by atoms with Crippen LogP contribution in [0.15, 0.2) is 41.0 Å². The van der Waals surface area contributed by atoms with E-state index < -0.39 is 0 Å². The zero-order valence-corrected chi connectivity index (χ0v) is 10.2. The van der Waals surface area contributed by atoms with Gasteiger partial charge in [-0.15, -0.1) is 0 Å². The van der Waals surface area contributed by atoms with Crippen LogP contribution >= 0.6 is 15.9 Å². The minimum absolute atomic E-state index is 0.303. The maximum absolute atomic E-state index is 13.3. The Morgan fingerprint density at radius 2 is 2.12 bits per heavy atom. The molecule has 0 unspecified atom stereocenters. The Morgan fingerprint density at radius 1 is 1.24 bits per heavy atom. The molecule has 0 aliphatic heterocycles. The molecule has 84 valence electrons. The predicted molar refractivity (Wildman–Crippen MR) is 67.0 cm³/mol. The minimum atomic E-state index is -0.303. The Hall–Kier alpha value is -1.75. The van der Waals surface area contributed by atoms with Crippen molar-refractivity contribution in [3.05, 3.63) is 46.8 Å². The average Bonchev–Trinajstić information content (AvgIpc) is 2.71. The van der Waals surface area contributed by atoms with Crippen LogP contribution in [0.3, 0.4) is 0 Å². The van der Waals surface area contributed by atoms with Gasteiger partial charge in [0, 0.05) is 16.2 Å². The van der Waals surface area contributed by atoms with E-state index in [0.29, 0.717) is 21.5 Å². The lowest BCUT2D eigenvalue weighted by molar-refractivity contribution is 0.627. The highest BCUT2D eigenvalue weighted by Gasteiger charge is 2.07. The fourth-order valence-corrected chi connectivity index (χ4v) is 2.14. The van der Waals surface area contributed by atoms with E-state index in [1.807, 2.05) is 12.1 Å². The number of halogens is 2. The summed E-state index contributed by atoms with van der Waals surface area (Å²) in [7, 11) is 0. The number of rotatable bonds is 1. The van der Waals surface area contributed by atoms with Gasteiger partial charge in [-0.25, -0.2) is 14.4 Å². The van der Waals surface area contributed by atoms with E-state index >= 15 is 0 Å². The lowest BCUT2D eigenvalue weighted by Crippen LogP contribution is -1.83. The van der Waals surface area contributed by atoms with Gasteiger partial charge in [-0.3, -0.25) is 0 Å². The van der Waals surface area contributed by atoms with E-state index in [0.717, 1.165) is 5.52 Å². The van der Waals surface area contributed by atoms with Crippen molar-refractivity contribution in [3.8, 4) is 11.4 Å². The van der Waals surface area contributed by atoms with Gasteiger partial charge in [0.05, 0.1) is 5.52 Å². The quantitative estimate of drug-likeness (QED) is 0.745. The molecule has 3 aromatic rings. The largest absolute Gasteiger partial charge is 0.337 e. The normalized spacial score (nSPS) is 10.9. The summed E-state index contributed by atoms with van der Waals surface area (Å²) >= 11 is 3.26. The van der Waals surface area contributed by atoms with Gasteiger partial charge in [0.25, 0.3) is 0 Å². The molecule has 0 saturated heterocycles. The second-order valence-electron chi connectivity index (χ2n) is 3.62. The van der Waals surface area contributed by atoms with Crippen LogP contribution in [0.4, 0.5) is 4.39 Å². The van der Waals surface area contributed by atoms with Crippen LogP contribution in [-0.2, 0) is 0 Å². The summed E-state index contributed by atoms with van der Waals surface area (Å²) in [6.45, 7) is 0. The maximum atomic E-state index is 13.3. The van der Waals surface area contributed by atoms with Gasteiger partial charge in [0.1, 0.15) is 11.6 Å². The topological polar surface area (TPSA) is 41.6 Å². The lowest BCUT2D eigenvalue weighted by atomic mass is 10.2. The smallest absolute Gasteiger partial charge is 0.178 e. The lowest BCUT2D eigenvalue weighted by Gasteiger charge is -1.98. The van der Waals surface area contributed by atoms with Crippen molar-refractivity contribution in [2.45, 2.75) is 0 Å². The van der Waals surface area contributed by atoms with Crippen molar-refractivity contribution in [1.82, 2.24) is 15.0 Å². The highest BCUT2D eigenvalue weighted by molar-refractivity contribution is 9.10. The zero-order chi connectivity index (χ0) is 11.8. The van der Waals surface area contributed by atoms with Gasteiger partial charge in [0.15, 0.2) is 5.65 Å². The number of benzene rings is 1. The number of hydrogen-bond donors (Lipinski definition) is 1. The molecule has 2 heterocycles. The fraction of sp³-hybridized carbons (Fsp3) is 0. The first-order valence-electron chi connectivity index (χ1n) is 4.99. The molecule has 1 aromatic carbocycles. The second kappa shape index (κ2) is 3.92. The molecule has 3 nitrogen and oxygen atoms in total. The number of aromatic nitrogens is 3. The van der Waals surface area contributed by atoms with Gasteiger partial charge in [0.2, 0.25) is 0 Å². The number of hydrogen-bond acceptors (Lipinski definition) is 2. The fourth-order valence-electron chi connectivity index (χ4n) is 1.67. The number of fused-ring (bicyclic) bond motifs is 1. The van der Waals surface area contributed by atoms with Crippen LogP contribution in [0.2, 0.25) is 0 Å². The van der Waals surface area contributed by atoms with Crippen LogP contribution < -0.4 is 0 Å². The standard InChI is InChI=1S/C12H7BrFN3/c13-8-4-7(5-9(14)6-8)11-16-10-2-1-3-15-12(10)17-11/h1-6H,(H,15,16,17). The average molecular weight is 292 g/mol. The molecule has 0 amide bonds. The van der Waals surface area contributed by atoms with Gasteiger partial charge < -0.3 is 4.98 Å². The molecule has 0 aliphatic rings. The van der Waals surface area contributed by atoms with Crippen LogP contribution in [0.5, 0.6) is 0 Å². The summed E-state index contributed by atoms with van der Waals surface area (Å²) < 4.78 is 14.0. The Morgan fingerprint density at radius 3 is 2.88 bits per heavy atom. The highest BCUT2D eigenvalue weighted by atomic mass is 79.9. The Labute approximate surface area is 105 Å². The maximum Gasteiger partial charge on any atom is 0.178 e. The molecular weight excluding hydrogens is 285 g/mol. The Balaban J connectivity index is 2.20. The van der Waals surface area contributed by atoms with Crippen molar-refractivity contribution >= 4 is 27.1 Å². The molecule has 0 fully saturated rings. The first kappa shape index (κ1) is 10.4. The summed E-state index contributed by atoms with van der Waals surface area (Å²) in [5, 5.41) is 0. The summed E-state index contributed by atoms with van der Waals surface area (Å²) in [6, 6.07) is 8.35. The molecule has 1 N–H and O–H groups in total. The molecular formula is C12H7BrFN3. The number of imidazole rings is 1. The van der Waals surface area contributed by atoms with Gasteiger partial charge in [-0.05, 0) is 30.3 Å². The summed E-state index contributed by atoms with van der Waals surface area (Å²) in [6.07, 6.45) is 1.68. The van der Waals surface area contributed by atoms with Crippen LogP contribution in [0, 0.1) is 5.82 Å². The van der Waals surface area contributed by atoms with Crippen LogP contribution in [0.1, 0.15) is 0 Å². The first-order valence-corrected chi connectivity index (χ1v) is 5.79. The molecule has 5 heteroatoms. The van der Waals surface area contributed by atoms with Gasteiger partial charge >= 0.3 is 0 Å². The third-order valence-corrected chi connectivity index (χ3v) is 2.85. The number of nitrogens with zero attached hydrogens (tertiary/aromatic N) is 2. The molecule has 0 atom stereocenters. The van der Waals surface area contributed by atoms with E-state index in [1.165, 1.54) is 12.1 Å². The van der Waals surface area contributed by atoms with Crippen LogP contribution in [0.25, 0.3) is 22.6 Å². The monoisotopic (exact) mass is 291 g/mol. The molecule has 17 heavy (non-hydrogen) atoms. The number of H-pyrrole nitrogens is 1. The summed E-state index contributed by atoms with van der Waals surface area (Å²) in [4.78, 5) is 11.5. The number of nitrogens with one attached hydrogen (secondary N) is 1. The van der Waals surface area contributed by atoms with Crippen molar-refractivity contribution in [2.24, 2.45) is 0 Å². The molecule has 2 aromatic heterocycles. The second-order valence-corrected chi connectivity index (χ2v) is 4.53. The SMILES string of the molecule is Fc1cc(Br)cc(-c2nc3ncccc3[nH]2)c1. The van der Waals surface area contributed by atoms with E-state index in [1.54, 1.807) is 12.3 Å². The molecule has 0 aliphatic carbocycles. The number of aromatic amines is 1. The number of pyridine rings is 1. The Kier molecular flexibility index (Phi) is 2.40. The van der Waals surface area contributed by atoms with Crippen molar-refractivity contribution < 1.29 is 4.39 Å². The Bertz CT molecular complexity index is 640. The van der Waals surface area contributed by atoms with Gasteiger partial charge in [-0.1, -0.05) is 15.9 Å². The van der Waals surface area contributed by atoms with Gasteiger partial charge in [-0.2, -0.15) is 0 Å². The highest BCUT2D eigenvalue weighted by Crippen LogP contribution is 2.23. The summed E-state index contributed by atoms with van der Waals surface area (Å²) in [5.74, 6) is 0.307. The molecule has 0 spiro atoms. The van der Waals surface area contributed by atoms with E-state index in [9.17, 15) is 4.39 Å². The summed E-state index contributed by atoms with van der Waals surface area (Å²) in [5.41, 5.74) is 2.15. The molecule has 3 rings (SSSR count). The first-order chi connectivity index (χ1) is 8.22. The minimum Gasteiger partial charge on any atom is -0.337 e. The van der Waals surface area contributed by atoms with Crippen molar-refractivity contribution in [3.63, 3.8) is 0 Å². The molecule has 0 bridgehead atoms.